The molecule has 0 aliphatic rings. The van der Waals surface area contributed by atoms with E-state index in [1.807, 2.05) is 0 Å². The number of carbonyl (C=O) groups is 2. The molecule has 27 heavy (non-hydrogen) atoms. The normalized spacial score (nSPS) is 11.0. The van der Waals surface area contributed by atoms with Gasteiger partial charge in [0, 0.05) is 0 Å². The second-order valence-corrected chi connectivity index (χ2v) is 11.1. The Bertz CT molecular complexity index is 315. The van der Waals surface area contributed by atoms with Crippen LogP contribution in [0.2, 0.25) is 8.94 Å². The van der Waals surface area contributed by atoms with E-state index in [0.717, 1.165) is 25.7 Å². The first-order chi connectivity index (χ1) is 13.1. The Labute approximate surface area is 177 Å². The predicted octanol–water partition coefficient (Wildman–Crippen LogP) is 6.72. The zero-order chi connectivity index (χ0) is 20.0. The maximum absolute atomic E-state index is 10.4. The molecule has 0 aromatic heterocycles. The van der Waals surface area contributed by atoms with Gasteiger partial charge in [-0.15, -0.1) is 0 Å². The molecule has 0 atom stereocenters. The van der Waals surface area contributed by atoms with Crippen molar-refractivity contribution in [3.63, 3.8) is 0 Å². The van der Waals surface area contributed by atoms with E-state index in [1.165, 1.54) is 86.0 Å². The van der Waals surface area contributed by atoms with Crippen LogP contribution >= 0.6 is 0 Å². The summed E-state index contributed by atoms with van der Waals surface area (Å²) in [7, 11) is 0. The first-order valence-corrected chi connectivity index (χ1v) is 14.4. The van der Waals surface area contributed by atoms with Crippen molar-refractivity contribution in [1.82, 2.24) is 0 Å². The molecule has 4 nitrogen and oxygen atoms in total. The molecule has 0 saturated carbocycles. The van der Waals surface area contributed by atoms with Gasteiger partial charge in [-0.3, -0.25) is 0 Å². The molecular weight excluding hydrogens is 456 g/mol. The Morgan fingerprint density at radius 1 is 0.444 bits per heavy atom. The molecule has 160 valence electrons. The van der Waals surface area contributed by atoms with Crippen molar-refractivity contribution in [3.05, 3.63) is 0 Å². The topological polar surface area (TPSA) is 74.6 Å². The van der Waals surface area contributed by atoms with Crippen LogP contribution in [0.5, 0.6) is 0 Å². The number of unbranched alkanes of at least 4 members (excludes halogenated alkanes) is 14. The fourth-order valence-corrected chi connectivity index (χ4v) is 6.10. The first-order valence-electron chi connectivity index (χ1n) is 11.1. The van der Waals surface area contributed by atoms with E-state index in [9.17, 15) is 9.59 Å². The summed E-state index contributed by atoms with van der Waals surface area (Å²) in [6.45, 7) is 0. The van der Waals surface area contributed by atoms with Gasteiger partial charge < -0.3 is 0 Å². The number of carboxylic acids is 2. The average molecular weight is 498 g/mol. The summed E-state index contributed by atoms with van der Waals surface area (Å²) in [6.07, 6.45) is 20.4. The van der Waals surface area contributed by atoms with Gasteiger partial charge in [0.05, 0.1) is 0 Å². The van der Waals surface area contributed by atoms with Crippen molar-refractivity contribution in [3.8, 4) is 0 Å². The summed E-state index contributed by atoms with van der Waals surface area (Å²) >= 11 is 0.259. The fraction of sp³-hybridized carbons (Fsp3) is 0.909. The van der Waals surface area contributed by atoms with Gasteiger partial charge in [-0.25, -0.2) is 0 Å². The SMILES string of the molecule is O=C(O)CCCCCCCCCC[Te]CCCCCCCCCCC(=O)O. The molecule has 5 heteroatoms. The summed E-state index contributed by atoms with van der Waals surface area (Å²) in [5.41, 5.74) is 0. The van der Waals surface area contributed by atoms with Crippen LogP contribution in [0.1, 0.15) is 116 Å². The minimum atomic E-state index is -0.663. The van der Waals surface area contributed by atoms with Crippen LogP contribution in [-0.4, -0.2) is 43.1 Å². The third-order valence-electron chi connectivity index (χ3n) is 4.86. The number of rotatable bonds is 22. The third kappa shape index (κ3) is 25.7. The zero-order valence-corrected chi connectivity index (χ0v) is 19.6. The molecule has 0 aromatic rings. The van der Waals surface area contributed by atoms with Gasteiger partial charge in [0.2, 0.25) is 0 Å². The quantitative estimate of drug-likeness (QED) is 0.128. The molecule has 0 fully saturated rings. The Morgan fingerprint density at radius 3 is 1.00 bits per heavy atom. The van der Waals surface area contributed by atoms with E-state index in [2.05, 4.69) is 0 Å². The summed E-state index contributed by atoms with van der Waals surface area (Å²) in [6, 6.07) is 0. The van der Waals surface area contributed by atoms with Crippen molar-refractivity contribution < 1.29 is 19.8 Å². The second kappa shape index (κ2) is 22.0. The molecule has 0 rings (SSSR count). The van der Waals surface area contributed by atoms with E-state index in [0.29, 0.717) is 12.8 Å². The van der Waals surface area contributed by atoms with Crippen molar-refractivity contribution in [1.29, 1.82) is 0 Å². The Hall–Kier alpha value is -0.270. The fourth-order valence-electron chi connectivity index (χ4n) is 3.18. The minimum absolute atomic E-state index is 0.259. The monoisotopic (exact) mass is 500 g/mol. The first kappa shape index (κ1) is 26.7. The van der Waals surface area contributed by atoms with E-state index in [4.69, 9.17) is 10.2 Å². The van der Waals surface area contributed by atoms with Crippen LogP contribution in [0, 0.1) is 0 Å². The number of hydrogen-bond donors (Lipinski definition) is 2. The van der Waals surface area contributed by atoms with Crippen LogP contribution in [0.25, 0.3) is 0 Å². The molecule has 0 bridgehead atoms. The number of carboxylic acid groups (broad SMARTS) is 2. The number of hydrogen-bond acceptors (Lipinski definition) is 2. The molecule has 0 spiro atoms. The Kier molecular flexibility index (Phi) is 21.8. The molecule has 0 heterocycles. The zero-order valence-electron chi connectivity index (χ0n) is 17.3. The van der Waals surface area contributed by atoms with Crippen molar-refractivity contribution in [2.75, 3.05) is 0 Å². The molecule has 0 radical (unpaired) electrons. The molecule has 2 N–H and O–H groups in total. The van der Waals surface area contributed by atoms with Gasteiger partial charge in [-0.05, 0) is 0 Å². The summed E-state index contributed by atoms with van der Waals surface area (Å²) in [5, 5.41) is 17.1. The summed E-state index contributed by atoms with van der Waals surface area (Å²) in [4.78, 5) is 20.8. The molecule has 0 amide bonds. The van der Waals surface area contributed by atoms with Crippen molar-refractivity contribution >= 4 is 32.9 Å². The van der Waals surface area contributed by atoms with Crippen molar-refractivity contribution in [2.45, 2.75) is 125 Å². The standard InChI is InChI=1S/C22H42O4Te/c23-21(24)17-13-9-5-1-3-7-11-15-19-27-20-16-12-8-4-2-6-10-14-18-22(25)26/h1-20H2,(H,23,24)(H,25,26). The second-order valence-electron chi connectivity index (χ2n) is 7.56. The van der Waals surface area contributed by atoms with Crippen LogP contribution in [-0.2, 0) is 9.59 Å². The van der Waals surface area contributed by atoms with Gasteiger partial charge in [0.25, 0.3) is 0 Å². The summed E-state index contributed by atoms with van der Waals surface area (Å²) in [5.74, 6) is -1.33. The van der Waals surface area contributed by atoms with E-state index in [-0.39, 0.29) is 20.9 Å². The Morgan fingerprint density at radius 2 is 0.704 bits per heavy atom. The molecular formula is C22H42O4Te. The molecule has 0 aliphatic heterocycles. The molecule has 0 aliphatic carbocycles. The number of aliphatic carboxylic acids is 2. The van der Waals surface area contributed by atoms with E-state index in [1.54, 1.807) is 0 Å². The van der Waals surface area contributed by atoms with Crippen LogP contribution in [0.15, 0.2) is 0 Å². The van der Waals surface area contributed by atoms with E-state index < -0.39 is 11.9 Å². The molecule has 0 aromatic carbocycles. The van der Waals surface area contributed by atoms with Gasteiger partial charge in [-0.1, -0.05) is 0 Å². The van der Waals surface area contributed by atoms with Gasteiger partial charge in [-0.2, -0.15) is 0 Å². The third-order valence-corrected chi connectivity index (χ3v) is 8.15. The predicted molar refractivity (Wildman–Crippen MR) is 114 cm³/mol. The summed E-state index contributed by atoms with van der Waals surface area (Å²) < 4.78 is 3.01. The van der Waals surface area contributed by atoms with Crippen LogP contribution in [0.4, 0.5) is 0 Å². The molecule has 0 saturated heterocycles. The van der Waals surface area contributed by atoms with E-state index >= 15 is 0 Å². The average Bonchev–Trinajstić information content (AvgIpc) is 2.62. The van der Waals surface area contributed by atoms with Gasteiger partial charge in [0.15, 0.2) is 0 Å². The molecule has 0 unspecified atom stereocenters. The van der Waals surface area contributed by atoms with Crippen LogP contribution in [0.3, 0.4) is 0 Å². The van der Waals surface area contributed by atoms with Gasteiger partial charge in [0.1, 0.15) is 0 Å². The maximum atomic E-state index is 10.4. The van der Waals surface area contributed by atoms with Gasteiger partial charge >= 0.3 is 177 Å². The Balaban J connectivity index is 3.01. The van der Waals surface area contributed by atoms with Crippen molar-refractivity contribution in [2.24, 2.45) is 0 Å². The van der Waals surface area contributed by atoms with Crippen LogP contribution < -0.4 is 0 Å².